The van der Waals surface area contributed by atoms with Crippen molar-refractivity contribution < 1.29 is 47.8 Å². The normalized spacial score (nSPS) is 33.6. The molecule has 10 nitrogen and oxygen atoms in total. The molecule has 0 bridgehead atoms. The van der Waals surface area contributed by atoms with Crippen molar-refractivity contribution in [2.75, 3.05) is 13.2 Å². The number of hydrogen-bond donors (Lipinski definition) is 7. The first kappa shape index (κ1) is 20.2. The van der Waals surface area contributed by atoms with E-state index >= 15 is 0 Å². The summed E-state index contributed by atoms with van der Waals surface area (Å²) in [4.78, 5) is -0.806. The molecule has 0 aromatic heterocycles. The van der Waals surface area contributed by atoms with Gasteiger partial charge in [-0.25, -0.2) is 0 Å². The van der Waals surface area contributed by atoms with Crippen molar-refractivity contribution in [3.8, 4) is 0 Å². The van der Waals surface area contributed by atoms with E-state index in [1.807, 2.05) is 0 Å². The maximum absolute atomic E-state index is 10.6. The number of aliphatic hydroxyl groups excluding tert-OH is 6. The molecule has 1 saturated heterocycles. The minimum atomic E-state index is -4.86. The molecule has 1 heterocycles. The van der Waals surface area contributed by atoms with Gasteiger partial charge in [0, 0.05) is 0 Å². The molecule has 0 radical (unpaired) electrons. The molecule has 0 aliphatic carbocycles. The van der Waals surface area contributed by atoms with Crippen LogP contribution in [0.2, 0.25) is 15.5 Å². The van der Waals surface area contributed by atoms with E-state index in [1.54, 1.807) is 0 Å². The first-order valence-electron chi connectivity index (χ1n) is 6.36. The van der Waals surface area contributed by atoms with Crippen molar-refractivity contribution >= 4 is 24.3 Å². The van der Waals surface area contributed by atoms with E-state index in [2.05, 4.69) is 4.18 Å². The zero-order valence-corrected chi connectivity index (χ0v) is 14.0. The Balaban J connectivity index is 2.77. The summed E-state index contributed by atoms with van der Waals surface area (Å²) in [6, 6.07) is 0. The van der Waals surface area contributed by atoms with Gasteiger partial charge in [0.1, 0.15) is 0 Å². The number of rotatable bonds is 8. The predicted octanol–water partition coefficient (Wildman–Crippen LogP) is -3.52. The molecule has 132 valence electrons. The third kappa shape index (κ3) is 5.35. The Morgan fingerprint density at radius 2 is 1.77 bits per heavy atom. The molecule has 1 fully saturated rings. The summed E-state index contributed by atoms with van der Waals surface area (Å²) >= 11 is -2.05. The van der Waals surface area contributed by atoms with Crippen LogP contribution in [0.1, 0.15) is 0 Å². The van der Waals surface area contributed by atoms with Gasteiger partial charge in [-0.15, -0.1) is 0 Å². The zero-order chi connectivity index (χ0) is 17.1. The van der Waals surface area contributed by atoms with Crippen LogP contribution in [0.25, 0.3) is 0 Å². The van der Waals surface area contributed by atoms with Crippen LogP contribution >= 0.6 is 0 Å². The van der Waals surface area contributed by atoms with E-state index in [9.17, 15) is 28.8 Å². The molecule has 2 unspecified atom stereocenters. The van der Waals surface area contributed by atoms with Gasteiger partial charge in [-0.3, -0.25) is 0 Å². The van der Waals surface area contributed by atoms with Crippen LogP contribution in [0.5, 0.6) is 0 Å². The molecule has 0 amide bonds. The standard InChI is InChI=1S/C10H20O10SSe/c11-1-5(13)10-9(16)7(15)4-22(10)3-6(14)8(2-12)20-21(17,18)19/h5-16H,1-4H2/p+1/t5-,6-,7+,8+,9+,10?,22?/m1/s1. The first-order valence-corrected chi connectivity index (χ1v) is 11.1. The fourth-order valence-electron chi connectivity index (χ4n) is 2.28. The Labute approximate surface area is 131 Å². The molecule has 1 aliphatic rings. The van der Waals surface area contributed by atoms with Gasteiger partial charge in [-0.2, -0.15) is 0 Å². The van der Waals surface area contributed by atoms with Crippen LogP contribution in [-0.4, -0.2) is 101 Å². The van der Waals surface area contributed by atoms with Crippen molar-refractivity contribution in [1.82, 2.24) is 0 Å². The van der Waals surface area contributed by atoms with Crippen molar-refractivity contribution in [3.05, 3.63) is 0 Å². The van der Waals surface area contributed by atoms with Crippen molar-refractivity contribution in [1.29, 1.82) is 0 Å². The number of aliphatic hydroxyl groups is 6. The topological polar surface area (TPSA) is 185 Å². The quantitative estimate of drug-likeness (QED) is 0.156. The Hall–Kier alpha value is 0.149. The summed E-state index contributed by atoms with van der Waals surface area (Å²) in [6.45, 7) is -1.51. The van der Waals surface area contributed by atoms with Gasteiger partial charge >= 0.3 is 131 Å². The van der Waals surface area contributed by atoms with Crippen LogP contribution in [0.15, 0.2) is 0 Å². The SMILES string of the molecule is O=S(=O)(O)O[C@@H](CO)[C@H](O)C[Se+]1C[C@H](O)[C@H](O)C1[C@H](O)CO. The Bertz CT molecular complexity index is 445. The molecule has 7 atom stereocenters. The summed E-state index contributed by atoms with van der Waals surface area (Å²) < 4.78 is 34.0. The van der Waals surface area contributed by atoms with Crippen LogP contribution in [0.4, 0.5) is 0 Å². The molecule has 12 heteroatoms. The molecule has 0 aromatic carbocycles. The second-order valence-corrected chi connectivity index (χ2v) is 10.8. The molecule has 1 aliphatic heterocycles. The van der Waals surface area contributed by atoms with Crippen molar-refractivity contribution in [2.24, 2.45) is 0 Å². The monoisotopic (exact) mass is 413 g/mol. The van der Waals surface area contributed by atoms with Crippen LogP contribution < -0.4 is 0 Å². The minimum absolute atomic E-state index is 0.101. The average molecular weight is 412 g/mol. The van der Waals surface area contributed by atoms with Crippen LogP contribution in [0, 0.1) is 0 Å². The molecule has 0 spiro atoms. The van der Waals surface area contributed by atoms with Gasteiger partial charge in [0.15, 0.2) is 0 Å². The fraction of sp³-hybridized carbons (Fsp3) is 1.00. The Morgan fingerprint density at radius 1 is 1.18 bits per heavy atom. The maximum atomic E-state index is 10.6. The third-order valence-electron chi connectivity index (χ3n) is 3.31. The van der Waals surface area contributed by atoms with Gasteiger partial charge in [0.25, 0.3) is 0 Å². The molecule has 1 rings (SSSR count). The van der Waals surface area contributed by atoms with E-state index in [0.717, 1.165) is 0 Å². The van der Waals surface area contributed by atoms with E-state index in [0.29, 0.717) is 0 Å². The third-order valence-corrected chi connectivity index (χ3v) is 9.89. The molecular weight excluding hydrogens is 391 g/mol. The van der Waals surface area contributed by atoms with Crippen LogP contribution in [0.3, 0.4) is 0 Å². The van der Waals surface area contributed by atoms with Gasteiger partial charge in [-0.1, -0.05) is 0 Å². The molecular formula is C10H21O10SSe+. The van der Waals surface area contributed by atoms with Crippen molar-refractivity contribution in [3.63, 3.8) is 0 Å². The zero-order valence-electron chi connectivity index (χ0n) is 11.5. The second-order valence-electron chi connectivity index (χ2n) is 4.96. The first-order chi connectivity index (χ1) is 10.1. The summed E-state index contributed by atoms with van der Waals surface area (Å²) in [5, 5.41) is 57.2. The molecule has 0 aromatic rings. The summed E-state index contributed by atoms with van der Waals surface area (Å²) in [5.41, 5.74) is 0. The van der Waals surface area contributed by atoms with Gasteiger partial charge in [0.2, 0.25) is 0 Å². The van der Waals surface area contributed by atoms with Gasteiger partial charge in [-0.05, 0) is 0 Å². The second kappa shape index (κ2) is 8.31. The van der Waals surface area contributed by atoms with E-state index in [4.69, 9.17) is 14.8 Å². The molecule has 7 N–H and O–H groups in total. The fourth-order valence-corrected chi connectivity index (χ4v) is 9.02. The Morgan fingerprint density at radius 3 is 2.23 bits per heavy atom. The van der Waals surface area contributed by atoms with E-state index in [-0.39, 0.29) is 10.6 Å². The summed E-state index contributed by atoms with van der Waals surface area (Å²) in [6.07, 6.45) is -6.73. The van der Waals surface area contributed by atoms with E-state index < -0.39 is 72.8 Å². The molecule has 22 heavy (non-hydrogen) atoms. The summed E-state index contributed by atoms with van der Waals surface area (Å²) in [7, 11) is -4.86. The van der Waals surface area contributed by atoms with E-state index in [1.165, 1.54) is 0 Å². The predicted molar refractivity (Wildman–Crippen MR) is 73.7 cm³/mol. The summed E-state index contributed by atoms with van der Waals surface area (Å²) in [5.74, 6) is 0. The number of hydrogen-bond acceptors (Lipinski definition) is 9. The average Bonchev–Trinajstić information content (AvgIpc) is 2.69. The van der Waals surface area contributed by atoms with Gasteiger partial charge < -0.3 is 0 Å². The Kier molecular flexibility index (Phi) is 7.63. The van der Waals surface area contributed by atoms with Crippen molar-refractivity contribution in [2.45, 2.75) is 46.0 Å². The van der Waals surface area contributed by atoms with Gasteiger partial charge in [0.05, 0.1) is 0 Å². The molecule has 0 saturated carbocycles. The van der Waals surface area contributed by atoms with Crippen LogP contribution in [-0.2, 0) is 14.6 Å².